The lowest BCUT2D eigenvalue weighted by molar-refractivity contribution is -0.137. The first-order chi connectivity index (χ1) is 6.20. The predicted octanol–water partition coefficient (Wildman–Crippen LogP) is 1.76. The monoisotopic (exact) mass is 185 g/mol. The van der Waals surface area contributed by atoms with Gasteiger partial charge in [0.2, 0.25) is 0 Å². The highest BCUT2D eigenvalue weighted by Gasteiger charge is 2.20. The molecule has 0 aliphatic heterocycles. The van der Waals surface area contributed by atoms with E-state index < -0.39 is 5.97 Å². The lowest BCUT2D eigenvalue weighted by atomic mass is 9.91. The molecule has 1 saturated carbocycles. The summed E-state index contributed by atoms with van der Waals surface area (Å²) in [5.74, 6) is -0.255. The zero-order chi connectivity index (χ0) is 9.68. The Hall–Kier alpha value is -0.570. The summed E-state index contributed by atoms with van der Waals surface area (Å²) < 4.78 is 0. The van der Waals surface area contributed by atoms with Gasteiger partial charge in [0.1, 0.15) is 0 Å². The number of hydrogen-bond acceptors (Lipinski definition) is 2. The highest BCUT2D eigenvalue weighted by molar-refractivity contribution is 5.66. The Bertz CT molecular complexity index is 170. The second-order valence-corrected chi connectivity index (χ2v) is 3.99. The molecule has 1 rings (SSSR count). The Labute approximate surface area is 79.3 Å². The van der Waals surface area contributed by atoms with Crippen LogP contribution in [0.15, 0.2) is 0 Å². The molecule has 1 fully saturated rings. The highest BCUT2D eigenvalue weighted by atomic mass is 16.4. The van der Waals surface area contributed by atoms with Crippen LogP contribution in [0, 0.1) is 5.92 Å². The van der Waals surface area contributed by atoms with E-state index >= 15 is 0 Å². The average molecular weight is 185 g/mol. The molecule has 2 atom stereocenters. The first-order valence-electron chi connectivity index (χ1n) is 5.17. The van der Waals surface area contributed by atoms with Crippen LogP contribution in [0.1, 0.15) is 44.9 Å². The maximum Gasteiger partial charge on any atom is 0.303 e. The van der Waals surface area contributed by atoms with Crippen LogP contribution in [-0.4, -0.2) is 17.1 Å². The Balaban J connectivity index is 2.31. The van der Waals surface area contributed by atoms with Crippen LogP contribution in [-0.2, 0) is 4.79 Å². The summed E-state index contributed by atoms with van der Waals surface area (Å²) >= 11 is 0. The SMILES string of the molecule is N[C@H]1CCCCC[C@@H]1CCC(=O)O. The van der Waals surface area contributed by atoms with Crippen LogP contribution in [0.3, 0.4) is 0 Å². The van der Waals surface area contributed by atoms with Crippen molar-refractivity contribution in [2.45, 2.75) is 51.0 Å². The minimum absolute atomic E-state index is 0.238. The third-order valence-electron chi connectivity index (χ3n) is 2.95. The fraction of sp³-hybridized carbons (Fsp3) is 0.900. The third kappa shape index (κ3) is 3.77. The number of hydrogen-bond donors (Lipinski definition) is 2. The van der Waals surface area contributed by atoms with E-state index in [2.05, 4.69) is 0 Å². The molecule has 3 N–H and O–H groups in total. The number of aliphatic carboxylic acids is 1. The van der Waals surface area contributed by atoms with E-state index in [1.807, 2.05) is 0 Å². The summed E-state index contributed by atoms with van der Waals surface area (Å²) in [6.45, 7) is 0. The Kier molecular flexibility index (Phi) is 4.22. The number of carbonyl (C=O) groups is 1. The molecule has 0 aromatic rings. The molecule has 3 nitrogen and oxygen atoms in total. The molecule has 1 aliphatic rings. The highest BCUT2D eigenvalue weighted by Crippen LogP contribution is 2.25. The van der Waals surface area contributed by atoms with E-state index in [4.69, 9.17) is 10.8 Å². The Morgan fingerprint density at radius 1 is 1.31 bits per heavy atom. The molecule has 0 heterocycles. The summed E-state index contributed by atoms with van der Waals surface area (Å²) in [4.78, 5) is 10.4. The number of rotatable bonds is 3. The second kappa shape index (κ2) is 5.22. The number of nitrogens with two attached hydrogens (primary N) is 1. The fourth-order valence-electron chi connectivity index (χ4n) is 2.08. The molecular weight excluding hydrogens is 166 g/mol. The first kappa shape index (κ1) is 10.5. The van der Waals surface area contributed by atoms with Crippen molar-refractivity contribution < 1.29 is 9.90 Å². The summed E-state index contributed by atoms with van der Waals surface area (Å²) in [5.41, 5.74) is 5.97. The van der Waals surface area contributed by atoms with E-state index in [0.29, 0.717) is 5.92 Å². The quantitative estimate of drug-likeness (QED) is 0.658. The molecule has 3 heteroatoms. The zero-order valence-corrected chi connectivity index (χ0v) is 8.04. The van der Waals surface area contributed by atoms with Crippen molar-refractivity contribution in [3.8, 4) is 0 Å². The molecule has 0 saturated heterocycles. The molecule has 0 bridgehead atoms. The molecular formula is C10H19NO2. The van der Waals surface area contributed by atoms with Crippen molar-refractivity contribution in [1.82, 2.24) is 0 Å². The van der Waals surface area contributed by atoms with Gasteiger partial charge in [-0.25, -0.2) is 0 Å². The predicted molar refractivity (Wildman–Crippen MR) is 51.4 cm³/mol. The minimum Gasteiger partial charge on any atom is -0.481 e. The lowest BCUT2D eigenvalue weighted by Crippen LogP contribution is -2.29. The molecule has 1 aliphatic carbocycles. The van der Waals surface area contributed by atoms with Gasteiger partial charge in [0, 0.05) is 12.5 Å². The third-order valence-corrected chi connectivity index (χ3v) is 2.95. The van der Waals surface area contributed by atoms with Gasteiger partial charge in [-0.05, 0) is 25.2 Å². The summed E-state index contributed by atoms with van der Waals surface area (Å²) in [6, 6.07) is 0.238. The minimum atomic E-state index is -0.698. The van der Waals surface area contributed by atoms with Crippen molar-refractivity contribution in [3.05, 3.63) is 0 Å². The van der Waals surface area contributed by atoms with Crippen molar-refractivity contribution in [2.24, 2.45) is 11.7 Å². The second-order valence-electron chi connectivity index (χ2n) is 3.99. The van der Waals surface area contributed by atoms with Gasteiger partial charge in [0.25, 0.3) is 0 Å². The summed E-state index contributed by atoms with van der Waals surface area (Å²) in [6.07, 6.45) is 6.92. The van der Waals surface area contributed by atoms with E-state index in [1.165, 1.54) is 19.3 Å². The van der Waals surface area contributed by atoms with Gasteiger partial charge in [-0.2, -0.15) is 0 Å². The molecule has 0 radical (unpaired) electrons. The normalized spacial score (nSPS) is 29.6. The maximum atomic E-state index is 10.4. The molecule has 76 valence electrons. The molecule has 0 aromatic heterocycles. The van der Waals surface area contributed by atoms with Gasteiger partial charge in [0.05, 0.1) is 0 Å². The van der Waals surface area contributed by atoms with Crippen LogP contribution in [0.2, 0.25) is 0 Å². The van der Waals surface area contributed by atoms with Crippen molar-refractivity contribution in [1.29, 1.82) is 0 Å². The largest absolute Gasteiger partial charge is 0.481 e. The molecule has 0 amide bonds. The average Bonchev–Trinajstić information content (AvgIpc) is 2.27. The maximum absolute atomic E-state index is 10.4. The van der Waals surface area contributed by atoms with Crippen molar-refractivity contribution in [3.63, 3.8) is 0 Å². The Morgan fingerprint density at radius 2 is 2.00 bits per heavy atom. The van der Waals surface area contributed by atoms with E-state index in [1.54, 1.807) is 0 Å². The van der Waals surface area contributed by atoms with Gasteiger partial charge in [0.15, 0.2) is 0 Å². The van der Waals surface area contributed by atoms with Gasteiger partial charge >= 0.3 is 5.97 Å². The number of carboxylic acid groups (broad SMARTS) is 1. The van der Waals surface area contributed by atoms with Crippen molar-refractivity contribution in [2.75, 3.05) is 0 Å². The molecule has 0 unspecified atom stereocenters. The summed E-state index contributed by atoms with van der Waals surface area (Å²) in [5, 5.41) is 8.56. The van der Waals surface area contributed by atoms with Gasteiger partial charge in [-0.3, -0.25) is 4.79 Å². The fourth-order valence-corrected chi connectivity index (χ4v) is 2.08. The Morgan fingerprint density at radius 3 is 2.69 bits per heavy atom. The van der Waals surface area contributed by atoms with Crippen LogP contribution in [0.4, 0.5) is 0 Å². The van der Waals surface area contributed by atoms with Crippen LogP contribution < -0.4 is 5.73 Å². The van der Waals surface area contributed by atoms with Crippen molar-refractivity contribution >= 4 is 5.97 Å². The molecule has 13 heavy (non-hydrogen) atoms. The first-order valence-corrected chi connectivity index (χ1v) is 5.17. The van der Waals surface area contributed by atoms with Crippen LogP contribution in [0.25, 0.3) is 0 Å². The number of carboxylic acids is 1. The van der Waals surface area contributed by atoms with E-state index in [0.717, 1.165) is 19.3 Å². The van der Waals surface area contributed by atoms with Crippen LogP contribution >= 0.6 is 0 Å². The standard InChI is InChI=1S/C10H19NO2/c11-9-5-3-1-2-4-8(9)6-7-10(12)13/h8-9H,1-7,11H2,(H,12,13)/t8-,9+/m1/s1. The molecule has 0 spiro atoms. The zero-order valence-electron chi connectivity index (χ0n) is 8.04. The molecule has 0 aromatic carbocycles. The van der Waals surface area contributed by atoms with Gasteiger partial charge in [-0.1, -0.05) is 19.3 Å². The van der Waals surface area contributed by atoms with Gasteiger partial charge in [-0.15, -0.1) is 0 Å². The topological polar surface area (TPSA) is 63.3 Å². The van der Waals surface area contributed by atoms with E-state index in [9.17, 15) is 4.79 Å². The van der Waals surface area contributed by atoms with Crippen LogP contribution in [0.5, 0.6) is 0 Å². The van der Waals surface area contributed by atoms with Gasteiger partial charge < -0.3 is 10.8 Å². The summed E-state index contributed by atoms with van der Waals surface area (Å²) in [7, 11) is 0. The lowest BCUT2D eigenvalue weighted by Gasteiger charge is -2.19. The van der Waals surface area contributed by atoms with E-state index in [-0.39, 0.29) is 12.5 Å². The smallest absolute Gasteiger partial charge is 0.303 e.